The molecule has 0 saturated heterocycles. The third-order valence-corrected chi connectivity index (χ3v) is 4.81. The van der Waals surface area contributed by atoms with Crippen molar-refractivity contribution < 1.29 is 14.3 Å². The SMILES string of the molecule is O=C[C@@]1(OC(=O)C2CCCCC2)C[C@H]2C=C[C@@H]1C2. The average Bonchev–Trinajstić information content (AvgIpc) is 3.00. The van der Waals surface area contributed by atoms with Crippen LogP contribution in [-0.2, 0) is 14.3 Å². The minimum atomic E-state index is -0.839. The summed E-state index contributed by atoms with van der Waals surface area (Å²) < 4.78 is 5.66. The number of hydrogen-bond acceptors (Lipinski definition) is 3. The van der Waals surface area contributed by atoms with Crippen LogP contribution in [-0.4, -0.2) is 17.9 Å². The van der Waals surface area contributed by atoms with Crippen LogP contribution in [0.1, 0.15) is 44.9 Å². The van der Waals surface area contributed by atoms with E-state index in [-0.39, 0.29) is 17.8 Å². The van der Waals surface area contributed by atoms with Crippen LogP contribution in [0.2, 0.25) is 0 Å². The Hall–Kier alpha value is -1.12. The highest BCUT2D eigenvalue weighted by molar-refractivity contribution is 5.78. The van der Waals surface area contributed by atoms with Crippen LogP contribution in [0, 0.1) is 17.8 Å². The average molecular weight is 248 g/mol. The van der Waals surface area contributed by atoms with Gasteiger partial charge in [-0.05, 0) is 25.2 Å². The molecule has 0 spiro atoms. The summed E-state index contributed by atoms with van der Waals surface area (Å²) >= 11 is 0. The normalized spacial score (nSPS) is 38.9. The first kappa shape index (κ1) is 11.9. The second kappa shape index (κ2) is 4.52. The van der Waals surface area contributed by atoms with Gasteiger partial charge in [-0.15, -0.1) is 0 Å². The molecule has 0 radical (unpaired) electrons. The standard InChI is InChI=1S/C15H20O3/c16-10-15(9-11-6-7-13(15)8-11)18-14(17)12-4-2-1-3-5-12/h6-7,10-13H,1-5,8-9H2/t11-,13+,15-/m0/s1. The molecule has 3 atom stereocenters. The van der Waals surface area contributed by atoms with Gasteiger partial charge >= 0.3 is 5.97 Å². The monoisotopic (exact) mass is 248 g/mol. The molecule has 2 bridgehead atoms. The van der Waals surface area contributed by atoms with E-state index in [9.17, 15) is 9.59 Å². The van der Waals surface area contributed by atoms with Gasteiger partial charge < -0.3 is 4.74 Å². The van der Waals surface area contributed by atoms with Crippen molar-refractivity contribution in [2.24, 2.45) is 17.8 Å². The fourth-order valence-electron chi connectivity index (χ4n) is 3.74. The molecule has 2 saturated carbocycles. The predicted molar refractivity (Wildman–Crippen MR) is 66.8 cm³/mol. The lowest BCUT2D eigenvalue weighted by atomic mass is 9.87. The molecule has 0 aromatic heterocycles. The van der Waals surface area contributed by atoms with Crippen molar-refractivity contribution in [2.45, 2.75) is 50.5 Å². The van der Waals surface area contributed by atoms with Crippen molar-refractivity contribution in [3.05, 3.63) is 12.2 Å². The Morgan fingerprint density at radius 1 is 1.22 bits per heavy atom. The van der Waals surface area contributed by atoms with E-state index in [1.54, 1.807) is 0 Å². The molecule has 0 unspecified atom stereocenters. The molecule has 0 aliphatic heterocycles. The van der Waals surface area contributed by atoms with E-state index >= 15 is 0 Å². The number of fused-ring (bicyclic) bond motifs is 2. The van der Waals surface area contributed by atoms with Gasteiger partial charge in [0.05, 0.1) is 5.92 Å². The quantitative estimate of drug-likeness (QED) is 0.438. The molecule has 0 N–H and O–H groups in total. The van der Waals surface area contributed by atoms with Crippen LogP contribution in [0.15, 0.2) is 12.2 Å². The van der Waals surface area contributed by atoms with Gasteiger partial charge in [0.2, 0.25) is 0 Å². The first-order chi connectivity index (χ1) is 8.73. The predicted octanol–water partition coefficient (Wildman–Crippen LogP) is 2.64. The second-order valence-electron chi connectivity index (χ2n) is 6.02. The van der Waals surface area contributed by atoms with Crippen LogP contribution in [0.3, 0.4) is 0 Å². The van der Waals surface area contributed by atoms with Gasteiger partial charge in [-0.3, -0.25) is 9.59 Å². The molecule has 3 nitrogen and oxygen atoms in total. The number of allylic oxidation sites excluding steroid dienone is 1. The Morgan fingerprint density at radius 3 is 2.56 bits per heavy atom. The van der Waals surface area contributed by atoms with Crippen molar-refractivity contribution in [1.82, 2.24) is 0 Å². The van der Waals surface area contributed by atoms with E-state index in [1.807, 2.05) is 0 Å². The molecular formula is C15H20O3. The summed E-state index contributed by atoms with van der Waals surface area (Å²) in [7, 11) is 0. The van der Waals surface area contributed by atoms with E-state index < -0.39 is 5.60 Å². The number of rotatable bonds is 3. The van der Waals surface area contributed by atoms with Crippen molar-refractivity contribution >= 4 is 12.3 Å². The molecule has 98 valence electrons. The summed E-state index contributed by atoms with van der Waals surface area (Å²) in [5.74, 6) is 0.438. The molecule has 3 aliphatic rings. The Labute approximate surface area is 108 Å². The summed E-state index contributed by atoms with van der Waals surface area (Å²) in [6, 6.07) is 0. The van der Waals surface area contributed by atoms with Gasteiger partial charge in [-0.25, -0.2) is 0 Å². The summed E-state index contributed by atoms with van der Waals surface area (Å²) in [5.41, 5.74) is -0.839. The van der Waals surface area contributed by atoms with Gasteiger partial charge in [0.25, 0.3) is 0 Å². The molecule has 18 heavy (non-hydrogen) atoms. The Balaban J connectivity index is 1.69. The maximum Gasteiger partial charge on any atom is 0.309 e. The van der Waals surface area contributed by atoms with Gasteiger partial charge in [0.1, 0.15) is 0 Å². The fraction of sp³-hybridized carbons (Fsp3) is 0.733. The lowest BCUT2D eigenvalue weighted by Gasteiger charge is -2.32. The minimum absolute atomic E-state index is 0.0266. The van der Waals surface area contributed by atoms with E-state index in [1.165, 1.54) is 6.42 Å². The van der Waals surface area contributed by atoms with E-state index in [4.69, 9.17) is 4.74 Å². The highest BCUT2D eigenvalue weighted by Gasteiger charge is 2.52. The zero-order valence-corrected chi connectivity index (χ0v) is 10.6. The smallest absolute Gasteiger partial charge is 0.309 e. The topological polar surface area (TPSA) is 43.4 Å². The summed E-state index contributed by atoms with van der Waals surface area (Å²) in [4.78, 5) is 23.6. The molecule has 3 heteroatoms. The van der Waals surface area contributed by atoms with Crippen molar-refractivity contribution in [2.75, 3.05) is 0 Å². The molecule has 0 aromatic carbocycles. The lowest BCUT2D eigenvalue weighted by Crippen LogP contribution is -2.42. The number of aldehydes is 1. The maximum absolute atomic E-state index is 12.2. The number of hydrogen-bond donors (Lipinski definition) is 0. The van der Waals surface area contributed by atoms with E-state index in [0.717, 1.165) is 38.4 Å². The number of ether oxygens (including phenoxy) is 1. The molecule has 3 aliphatic carbocycles. The van der Waals surface area contributed by atoms with Crippen LogP contribution < -0.4 is 0 Å². The minimum Gasteiger partial charge on any atom is -0.450 e. The molecule has 2 fully saturated rings. The van der Waals surface area contributed by atoms with Crippen LogP contribution in [0.5, 0.6) is 0 Å². The van der Waals surface area contributed by atoms with Gasteiger partial charge in [0.15, 0.2) is 11.9 Å². The largest absolute Gasteiger partial charge is 0.450 e. The Bertz CT molecular complexity index is 381. The van der Waals surface area contributed by atoms with E-state index in [2.05, 4.69) is 12.2 Å². The fourth-order valence-corrected chi connectivity index (χ4v) is 3.74. The molecule has 0 heterocycles. The molecule has 3 rings (SSSR count). The van der Waals surface area contributed by atoms with Crippen molar-refractivity contribution in [3.63, 3.8) is 0 Å². The number of esters is 1. The highest BCUT2D eigenvalue weighted by atomic mass is 16.6. The van der Waals surface area contributed by atoms with Crippen LogP contribution in [0.4, 0.5) is 0 Å². The first-order valence-corrected chi connectivity index (χ1v) is 7.11. The van der Waals surface area contributed by atoms with Crippen molar-refractivity contribution in [3.8, 4) is 0 Å². The third-order valence-electron chi connectivity index (χ3n) is 4.81. The van der Waals surface area contributed by atoms with Gasteiger partial charge in [0, 0.05) is 12.3 Å². The molecular weight excluding hydrogens is 228 g/mol. The lowest BCUT2D eigenvalue weighted by molar-refractivity contribution is -0.170. The molecule has 0 aromatic rings. The number of carbonyl (C=O) groups is 2. The van der Waals surface area contributed by atoms with Crippen LogP contribution >= 0.6 is 0 Å². The third kappa shape index (κ3) is 1.90. The summed E-state index contributed by atoms with van der Waals surface area (Å²) in [6.07, 6.45) is 12.0. The van der Waals surface area contributed by atoms with Gasteiger partial charge in [-0.2, -0.15) is 0 Å². The summed E-state index contributed by atoms with van der Waals surface area (Å²) in [5, 5.41) is 0. The van der Waals surface area contributed by atoms with E-state index in [0.29, 0.717) is 12.3 Å². The zero-order valence-electron chi connectivity index (χ0n) is 10.6. The second-order valence-corrected chi connectivity index (χ2v) is 6.02. The highest BCUT2D eigenvalue weighted by Crippen LogP contribution is 2.48. The first-order valence-electron chi connectivity index (χ1n) is 7.11. The Morgan fingerprint density at radius 2 is 2.00 bits per heavy atom. The summed E-state index contributed by atoms with van der Waals surface area (Å²) in [6.45, 7) is 0. The van der Waals surface area contributed by atoms with Crippen LogP contribution in [0.25, 0.3) is 0 Å². The number of carbonyl (C=O) groups excluding carboxylic acids is 2. The van der Waals surface area contributed by atoms with Gasteiger partial charge in [-0.1, -0.05) is 31.4 Å². The Kier molecular flexibility index (Phi) is 3.00. The maximum atomic E-state index is 12.2. The molecule has 0 amide bonds. The zero-order chi connectivity index (χ0) is 12.6. The van der Waals surface area contributed by atoms with Crippen molar-refractivity contribution in [1.29, 1.82) is 0 Å².